The normalized spacial score (nSPS) is 23.7. The Morgan fingerprint density at radius 1 is 1.50 bits per heavy atom. The summed E-state index contributed by atoms with van der Waals surface area (Å²) in [6.07, 6.45) is 0. The summed E-state index contributed by atoms with van der Waals surface area (Å²) < 4.78 is 23.3. The van der Waals surface area contributed by atoms with Crippen molar-refractivity contribution in [3.05, 3.63) is 28.3 Å². The quantitative estimate of drug-likeness (QED) is 0.744. The van der Waals surface area contributed by atoms with Gasteiger partial charge in [-0.2, -0.15) is 0 Å². The predicted octanol–water partition coefficient (Wildman–Crippen LogP) is 1.68. The molecule has 1 aliphatic heterocycles. The highest BCUT2D eigenvalue weighted by Crippen LogP contribution is 2.40. The summed E-state index contributed by atoms with van der Waals surface area (Å²) in [7, 11) is -0.608. The Morgan fingerprint density at radius 3 is 2.55 bits per heavy atom. The average molecular weight is 431 g/mol. The molecule has 0 bridgehead atoms. The maximum atomic E-state index is 11.7. The molecule has 6 nitrogen and oxygen atoms in total. The van der Waals surface area contributed by atoms with E-state index in [0.717, 1.165) is 0 Å². The number of halogens is 2. The summed E-state index contributed by atoms with van der Waals surface area (Å²) in [6, 6.07) is 2.92. The van der Waals surface area contributed by atoms with E-state index >= 15 is 0 Å². The number of thioether (sulfide) groups is 1. The molecule has 2 rings (SSSR count). The molecule has 1 fully saturated rings. The van der Waals surface area contributed by atoms with E-state index in [1.165, 1.54) is 17.8 Å². The number of aliphatic hydroxyl groups is 1. The SMILES string of the molecule is Br.CN=C1SCC(O)(c2cc(Cl)c(C)c(S(N)(=O)=O)c2)N1C. The zero-order chi connectivity index (χ0) is 16.0. The van der Waals surface area contributed by atoms with Crippen molar-refractivity contribution in [1.29, 1.82) is 0 Å². The van der Waals surface area contributed by atoms with Crippen molar-refractivity contribution in [1.82, 2.24) is 4.90 Å². The van der Waals surface area contributed by atoms with Crippen molar-refractivity contribution in [2.45, 2.75) is 17.5 Å². The van der Waals surface area contributed by atoms with Gasteiger partial charge in [0.25, 0.3) is 0 Å². The molecule has 0 aromatic heterocycles. The van der Waals surface area contributed by atoms with Gasteiger partial charge < -0.3 is 10.0 Å². The van der Waals surface area contributed by atoms with Crippen LogP contribution in [0.25, 0.3) is 0 Å². The third kappa shape index (κ3) is 3.29. The van der Waals surface area contributed by atoms with Gasteiger partial charge in [0.15, 0.2) is 10.9 Å². The first-order valence-electron chi connectivity index (χ1n) is 6.00. The Kier molecular flexibility index (Phi) is 5.97. The van der Waals surface area contributed by atoms with Crippen molar-refractivity contribution < 1.29 is 13.5 Å². The second-order valence-electron chi connectivity index (χ2n) is 4.80. The van der Waals surface area contributed by atoms with Crippen LogP contribution in [-0.2, 0) is 15.7 Å². The van der Waals surface area contributed by atoms with Crippen LogP contribution in [0, 0.1) is 6.92 Å². The lowest BCUT2D eigenvalue weighted by Crippen LogP contribution is -2.42. The molecule has 0 amide bonds. The number of hydrogen-bond acceptors (Lipinski definition) is 5. The van der Waals surface area contributed by atoms with E-state index in [9.17, 15) is 13.5 Å². The molecule has 1 atom stereocenters. The number of primary sulfonamides is 1. The molecule has 22 heavy (non-hydrogen) atoms. The minimum absolute atomic E-state index is 0. The minimum atomic E-state index is -3.92. The lowest BCUT2D eigenvalue weighted by atomic mass is 10.0. The zero-order valence-corrected chi connectivity index (χ0v) is 16.3. The lowest BCUT2D eigenvalue weighted by molar-refractivity contribution is -0.0349. The van der Waals surface area contributed by atoms with Crippen molar-refractivity contribution >= 4 is 55.5 Å². The number of amidine groups is 1. The molecule has 3 N–H and O–H groups in total. The highest BCUT2D eigenvalue weighted by molar-refractivity contribution is 8.93. The van der Waals surface area contributed by atoms with Gasteiger partial charge in [-0.05, 0) is 24.6 Å². The van der Waals surface area contributed by atoms with E-state index in [0.29, 0.717) is 22.0 Å². The van der Waals surface area contributed by atoms with Crippen LogP contribution in [0.3, 0.4) is 0 Å². The van der Waals surface area contributed by atoms with E-state index in [1.54, 1.807) is 32.0 Å². The Balaban J connectivity index is 0.00000242. The summed E-state index contributed by atoms with van der Waals surface area (Å²) >= 11 is 7.47. The molecule has 0 spiro atoms. The van der Waals surface area contributed by atoms with E-state index in [4.69, 9.17) is 16.7 Å². The number of rotatable bonds is 2. The third-order valence-electron chi connectivity index (χ3n) is 3.50. The average Bonchev–Trinajstić information content (AvgIpc) is 2.68. The Hall–Kier alpha value is -0.320. The molecule has 1 aliphatic rings. The van der Waals surface area contributed by atoms with Gasteiger partial charge in [0.05, 0.1) is 10.6 Å². The highest BCUT2D eigenvalue weighted by atomic mass is 79.9. The highest BCUT2D eigenvalue weighted by Gasteiger charge is 2.43. The van der Waals surface area contributed by atoms with E-state index < -0.39 is 15.7 Å². The van der Waals surface area contributed by atoms with Crippen LogP contribution in [0.1, 0.15) is 11.1 Å². The maximum absolute atomic E-state index is 11.7. The van der Waals surface area contributed by atoms with Crippen molar-refractivity contribution in [3.8, 4) is 0 Å². The standard InChI is InChI=1S/C12H16ClN3O3S2.BrH/c1-7-9(13)4-8(5-10(7)21(14,18)19)12(17)6-20-11(15-2)16(12)3;/h4-5,17H,6H2,1-3H3,(H2,14,18,19);1H. The van der Waals surface area contributed by atoms with Gasteiger partial charge in [-0.3, -0.25) is 4.99 Å². The molecule has 124 valence electrons. The van der Waals surface area contributed by atoms with Crippen LogP contribution in [0.5, 0.6) is 0 Å². The van der Waals surface area contributed by atoms with Crippen molar-refractivity contribution in [2.24, 2.45) is 10.1 Å². The van der Waals surface area contributed by atoms with Crippen LogP contribution in [0.2, 0.25) is 5.02 Å². The van der Waals surface area contributed by atoms with Crippen molar-refractivity contribution in [2.75, 3.05) is 19.8 Å². The molecule has 1 aromatic rings. The van der Waals surface area contributed by atoms with Gasteiger partial charge in [0, 0.05) is 24.7 Å². The smallest absolute Gasteiger partial charge is 0.238 e. The number of sulfonamides is 1. The molecule has 0 aliphatic carbocycles. The number of hydrogen-bond donors (Lipinski definition) is 2. The van der Waals surface area contributed by atoms with Gasteiger partial charge in [0.2, 0.25) is 10.0 Å². The van der Waals surface area contributed by atoms with Crippen LogP contribution in [0.15, 0.2) is 22.0 Å². The molecule has 0 radical (unpaired) electrons. The predicted molar refractivity (Wildman–Crippen MR) is 95.4 cm³/mol. The number of benzene rings is 1. The van der Waals surface area contributed by atoms with Gasteiger partial charge in [-0.1, -0.05) is 23.4 Å². The Bertz CT molecular complexity index is 727. The Morgan fingerprint density at radius 2 is 2.09 bits per heavy atom. The number of aliphatic imine (C=N–C) groups is 1. The first kappa shape index (κ1) is 19.7. The molecule has 1 heterocycles. The van der Waals surface area contributed by atoms with Gasteiger partial charge in [0.1, 0.15) is 0 Å². The monoisotopic (exact) mass is 429 g/mol. The zero-order valence-electron chi connectivity index (χ0n) is 12.2. The van der Waals surface area contributed by atoms with Crippen molar-refractivity contribution in [3.63, 3.8) is 0 Å². The van der Waals surface area contributed by atoms with Crippen LogP contribution >= 0.6 is 40.3 Å². The fourth-order valence-electron chi connectivity index (χ4n) is 2.19. The molecule has 10 heteroatoms. The first-order chi connectivity index (χ1) is 9.61. The number of nitrogens with zero attached hydrogens (tertiary/aromatic N) is 2. The Labute approximate surface area is 149 Å². The van der Waals surface area contributed by atoms with E-state index in [-0.39, 0.29) is 26.9 Å². The largest absolute Gasteiger partial charge is 0.366 e. The second kappa shape index (κ2) is 6.66. The fraction of sp³-hybridized carbons (Fsp3) is 0.417. The van der Waals surface area contributed by atoms with E-state index in [1.807, 2.05) is 0 Å². The first-order valence-corrected chi connectivity index (χ1v) is 8.91. The summed E-state index contributed by atoms with van der Waals surface area (Å²) in [5.41, 5.74) is -0.643. The number of nitrogens with two attached hydrogens (primary N) is 1. The van der Waals surface area contributed by atoms with Gasteiger partial charge in [-0.25, -0.2) is 13.6 Å². The van der Waals surface area contributed by atoms with Crippen LogP contribution in [0.4, 0.5) is 0 Å². The fourth-order valence-corrected chi connectivity index (χ4v) is 4.46. The molecule has 1 aromatic carbocycles. The molecule has 1 saturated heterocycles. The second-order valence-corrected chi connectivity index (χ2v) is 7.68. The summed E-state index contributed by atoms with van der Waals surface area (Å²) in [5, 5.41) is 17.0. The van der Waals surface area contributed by atoms with Gasteiger partial charge in [-0.15, -0.1) is 17.0 Å². The molecular weight excluding hydrogens is 414 g/mol. The topological polar surface area (TPSA) is 96.0 Å². The van der Waals surface area contributed by atoms with Crippen LogP contribution in [-0.4, -0.2) is 43.4 Å². The van der Waals surface area contributed by atoms with Crippen LogP contribution < -0.4 is 5.14 Å². The lowest BCUT2D eigenvalue weighted by Gasteiger charge is -2.32. The molecule has 0 saturated carbocycles. The summed E-state index contributed by atoms with van der Waals surface area (Å²) in [5.74, 6) is 0.319. The maximum Gasteiger partial charge on any atom is 0.238 e. The third-order valence-corrected chi connectivity index (χ3v) is 6.19. The summed E-state index contributed by atoms with van der Waals surface area (Å²) in [4.78, 5) is 5.57. The molecule has 1 unspecified atom stereocenters. The minimum Gasteiger partial charge on any atom is -0.366 e. The summed E-state index contributed by atoms with van der Waals surface area (Å²) in [6.45, 7) is 1.57. The molecular formula is C12H17BrClN3O3S2. The van der Waals surface area contributed by atoms with E-state index in [2.05, 4.69) is 4.99 Å². The van der Waals surface area contributed by atoms with Gasteiger partial charge >= 0.3 is 0 Å².